The first-order valence-corrected chi connectivity index (χ1v) is 6.27. The number of aromatic nitrogens is 2. The van der Waals surface area contributed by atoms with E-state index in [9.17, 15) is 4.79 Å². The van der Waals surface area contributed by atoms with Crippen LogP contribution in [0.4, 0.5) is 0 Å². The molecule has 88 valence electrons. The summed E-state index contributed by atoms with van der Waals surface area (Å²) in [5.41, 5.74) is 0.529. The monoisotopic (exact) mass is 300 g/mol. The molecule has 3 rings (SSSR count). The van der Waals surface area contributed by atoms with Crippen molar-refractivity contribution < 1.29 is 0 Å². The predicted molar refractivity (Wildman–Crippen MR) is 75.0 cm³/mol. The molecule has 0 unspecified atom stereocenters. The summed E-state index contributed by atoms with van der Waals surface area (Å²) in [6.07, 6.45) is 3.22. The molecular formula is C14H9BrN2O. The van der Waals surface area contributed by atoms with E-state index in [1.54, 1.807) is 6.20 Å². The second-order valence-corrected chi connectivity index (χ2v) is 4.87. The molecule has 0 N–H and O–H groups in total. The van der Waals surface area contributed by atoms with Gasteiger partial charge in [0.2, 0.25) is 0 Å². The van der Waals surface area contributed by atoms with E-state index in [-0.39, 0.29) is 5.69 Å². The third-order valence-electron chi connectivity index (χ3n) is 2.77. The number of nitrogens with zero attached hydrogens (tertiary/aromatic N) is 2. The van der Waals surface area contributed by atoms with Gasteiger partial charge in [0.1, 0.15) is 0 Å². The van der Waals surface area contributed by atoms with Crippen molar-refractivity contribution in [2.45, 2.75) is 0 Å². The highest BCUT2D eigenvalue weighted by atomic mass is 79.9. The van der Waals surface area contributed by atoms with Gasteiger partial charge < -0.3 is 0 Å². The largest absolute Gasteiger partial charge is 0.352 e. The highest BCUT2D eigenvalue weighted by molar-refractivity contribution is 9.10. The Bertz CT molecular complexity index is 780. The van der Waals surface area contributed by atoms with Gasteiger partial charge in [-0.15, -0.1) is 0 Å². The highest BCUT2D eigenvalue weighted by Gasteiger charge is 2.02. The lowest BCUT2D eigenvalue weighted by Crippen LogP contribution is -2.20. The van der Waals surface area contributed by atoms with Crippen molar-refractivity contribution in [3.8, 4) is 5.69 Å². The molecule has 0 saturated carbocycles. The Morgan fingerprint density at radius 1 is 1.06 bits per heavy atom. The standard InChI is InChI=1S/C14H9BrN2O/c15-12-8-16-14(18)17(9-12)13-6-5-10-3-1-2-4-11(10)7-13/h1-9H. The Morgan fingerprint density at radius 3 is 2.67 bits per heavy atom. The molecule has 4 heteroatoms. The van der Waals surface area contributed by atoms with Gasteiger partial charge in [-0.05, 0) is 38.8 Å². The van der Waals surface area contributed by atoms with Crippen molar-refractivity contribution in [1.82, 2.24) is 9.55 Å². The molecule has 0 spiro atoms. The third kappa shape index (κ3) is 1.95. The highest BCUT2D eigenvalue weighted by Crippen LogP contribution is 2.18. The fourth-order valence-electron chi connectivity index (χ4n) is 1.90. The van der Waals surface area contributed by atoms with Crippen molar-refractivity contribution in [2.24, 2.45) is 0 Å². The molecule has 0 radical (unpaired) electrons. The van der Waals surface area contributed by atoms with Crippen LogP contribution in [0, 0.1) is 0 Å². The molecule has 0 aliphatic heterocycles. The van der Waals surface area contributed by atoms with E-state index in [0.717, 1.165) is 20.9 Å². The van der Waals surface area contributed by atoms with Gasteiger partial charge >= 0.3 is 5.69 Å². The van der Waals surface area contributed by atoms with Gasteiger partial charge in [0, 0.05) is 12.4 Å². The van der Waals surface area contributed by atoms with E-state index in [2.05, 4.69) is 20.9 Å². The van der Waals surface area contributed by atoms with Gasteiger partial charge in [0.15, 0.2) is 0 Å². The van der Waals surface area contributed by atoms with Gasteiger partial charge in [-0.3, -0.25) is 4.57 Å². The summed E-state index contributed by atoms with van der Waals surface area (Å²) >= 11 is 3.32. The number of hydrogen-bond acceptors (Lipinski definition) is 2. The van der Waals surface area contributed by atoms with Crippen molar-refractivity contribution >= 4 is 26.7 Å². The summed E-state index contributed by atoms with van der Waals surface area (Å²) in [6, 6.07) is 13.9. The number of rotatable bonds is 1. The summed E-state index contributed by atoms with van der Waals surface area (Å²) in [5.74, 6) is 0. The van der Waals surface area contributed by atoms with Crippen molar-refractivity contribution in [3.05, 3.63) is 69.8 Å². The number of hydrogen-bond donors (Lipinski definition) is 0. The van der Waals surface area contributed by atoms with Gasteiger partial charge in [0.25, 0.3) is 0 Å². The summed E-state index contributed by atoms with van der Waals surface area (Å²) < 4.78 is 2.30. The Hall–Kier alpha value is -1.94. The van der Waals surface area contributed by atoms with Crippen LogP contribution in [0.25, 0.3) is 16.5 Å². The molecule has 0 aliphatic carbocycles. The molecule has 0 amide bonds. The molecule has 18 heavy (non-hydrogen) atoms. The van der Waals surface area contributed by atoms with Gasteiger partial charge in [-0.25, -0.2) is 9.78 Å². The maximum atomic E-state index is 11.7. The van der Waals surface area contributed by atoms with Crippen LogP contribution in [0.3, 0.4) is 0 Å². The molecule has 0 bridgehead atoms. The molecular weight excluding hydrogens is 292 g/mol. The topological polar surface area (TPSA) is 34.9 Å². The normalized spacial score (nSPS) is 10.7. The quantitative estimate of drug-likeness (QED) is 0.692. The van der Waals surface area contributed by atoms with Crippen LogP contribution in [0.15, 0.2) is 64.1 Å². The van der Waals surface area contributed by atoms with Crippen LogP contribution < -0.4 is 5.69 Å². The van der Waals surface area contributed by atoms with Gasteiger partial charge in [0.05, 0.1) is 10.2 Å². The Kier molecular flexibility index (Phi) is 2.72. The zero-order valence-corrected chi connectivity index (χ0v) is 11.0. The fraction of sp³-hybridized carbons (Fsp3) is 0. The zero-order valence-electron chi connectivity index (χ0n) is 9.38. The maximum absolute atomic E-state index is 11.7. The van der Waals surface area contributed by atoms with Crippen LogP contribution in [-0.4, -0.2) is 9.55 Å². The molecule has 0 atom stereocenters. The summed E-state index contributed by atoms with van der Waals surface area (Å²) in [4.78, 5) is 15.5. The average Bonchev–Trinajstić information content (AvgIpc) is 2.41. The van der Waals surface area contributed by atoms with E-state index in [1.165, 1.54) is 10.8 Å². The van der Waals surface area contributed by atoms with Gasteiger partial charge in [-0.2, -0.15) is 0 Å². The molecule has 3 aromatic rings. The molecule has 0 aliphatic rings. The SMILES string of the molecule is O=c1ncc(Br)cn1-c1ccc2ccccc2c1. The van der Waals surface area contributed by atoms with Crippen molar-refractivity contribution in [2.75, 3.05) is 0 Å². The minimum Gasteiger partial charge on any atom is -0.267 e. The minimum absolute atomic E-state index is 0.284. The molecule has 1 heterocycles. The average molecular weight is 301 g/mol. The van der Waals surface area contributed by atoms with E-state index in [1.807, 2.05) is 42.5 Å². The second kappa shape index (κ2) is 4.38. The van der Waals surface area contributed by atoms with E-state index in [4.69, 9.17) is 0 Å². The van der Waals surface area contributed by atoms with Crippen molar-refractivity contribution in [1.29, 1.82) is 0 Å². The molecule has 0 saturated heterocycles. The van der Waals surface area contributed by atoms with E-state index >= 15 is 0 Å². The van der Waals surface area contributed by atoms with E-state index < -0.39 is 0 Å². The first-order valence-electron chi connectivity index (χ1n) is 5.47. The van der Waals surface area contributed by atoms with Crippen LogP contribution in [0.5, 0.6) is 0 Å². The summed E-state index contributed by atoms with van der Waals surface area (Å²) in [6.45, 7) is 0. The Balaban J connectivity index is 2.25. The first-order chi connectivity index (χ1) is 8.74. The predicted octanol–water partition coefficient (Wildman–Crippen LogP) is 3.15. The second-order valence-electron chi connectivity index (χ2n) is 3.96. The minimum atomic E-state index is -0.284. The lowest BCUT2D eigenvalue weighted by molar-refractivity contribution is 0.908. The smallest absolute Gasteiger partial charge is 0.267 e. The first kappa shape index (κ1) is 11.2. The van der Waals surface area contributed by atoms with Crippen LogP contribution >= 0.6 is 15.9 Å². The van der Waals surface area contributed by atoms with Crippen LogP contribution in [0.1, 0.15) is 0 Å². The van der Waals surface area contributed by atoms with E-state index in [0.29, 0.717) is 0 Å². The molecule has 3 nitrogen and oxygen atoms in total. The van der Waals surface area contributed by atoms with Crippen LogP contribution in [-0.2, 0) is 0 Å². The summed E-state index contributed by atoms with van der Waals surface area (Å²) in [5, 5.41) is 2.25. The zero-order chi connectivity index (χ0) is 12.5. The maximum Gasteiger partial charge on any atom is 0.352 e. The lowest BCUT2D eigenvalue weighted by Gasteiger charge is -2.06. The fourth-order valence-corrected chi connectivity index (χ4v) is 2.21. The molecule has 2 aromatic carbocycles. The lowest BCUT2D eigenvalue weighted by atomic mass is 10.1. The van der Waals surface area contributed by atoms with Crippen molar-refractivity contribution in [3.63, 3.8) is 0 Å². The number of benzene rings is 2. The summed E-state index contributed by atoms with van der Waals surface area (Å²) in [7, 11) is 0. The molecule has 0 fully saturated rings. The Morgan fingerprint density at radius 2 is 1.83 bits per heavy atom. The van der Waals surface area contributed by atoms with Gasteiger partial charge in [-0.1, -0.05) is 30.3 Å². The third-order valence-corrected chi connectivity index (χ3v) is 3.18. The Labute approximate surface area is 112 Å². The van der Waals surface area contributed by atoms with Crippen LogP contribution in [0.2, 0.25) is 0 Å². The number of halogens is 1. The molecule has 1 aromatic heterocycles. The number of fused-ring (bicyclic) bond motifs is 1.